The first-order valence-corrected chi connectivity index (χ1v) is 4.69. The summed E-state index contributed by atoms with van der Waals surface area (Å²) in [5.74, 6) is 1.09. The average Bonchev–Trinajstić information content (AvgIpc) is 2.04. The van der Waals surface area contributed by atoms with E-state index in [0.29, 0.717) is 17.1 Å². The van der Waals surface area contributed by atoms with Gasteiger partial charge >= 0.3 is 0 Å². The zero-order valence-electron chi connectivity index (χ0n) is 7.80. The van der Waals surface area contributed by atoms with Crippen LogP contribution in [0.4, 0.5) is 0 Å². The van der Waals surface area contributed by atoms with Crippen molar-refractivity contribution in [2.24, 2.45) is 11.3 Å². The van der Waals surface area contributed by atoms with E-state index in [0.717, 1.165) is 6.42 Å². The predicted molar refractivity (Wildman–Crippen MR) is 49.9 cm³/mol. The highest BCUT2D eigenvalue weighted by molar-refractivity contribution is 5.28. The molecule has 2 atom stereocenters. The monoisotopic (exact) mass is 164 g/mol. The molecular weight excluding hydrogens is 148 g/mol. The Balaban J connectivity index is 2.38. The summed E-state index contributed by atoms with van der Waals surface area (Å²) in [5, 5.41) is 9.46. The molecule has 3 aliphatic carbocycles. The van der Waals surface area contributed by atoms with Gasteiger partial charge in [-0.2, -0.15) is 0 Å². The van der Waals surface area contributed by atoms with Gasteiger partial charge in [0.05, 0.1) is 5.76 Å². The second-order valence-electron chi connectivity index (χ2n) is 4.45. The summed E-state index contributed by atoms with van der Waals surface area (Å²) >= 11 is 0. The lowest BCUT2D eigenvalue weighted by atomic mass is 9.64. The molecule has 1 nitrogen and oxygen atoms in total. The summed E-state index contributed by atoms with van der Waals surface area (Å²) < 4.78 is 0. The van der Waals surface area contributed by atoms with Gasteiger partial charge in [0.25, 0.3) is 0 Å². The minimum Gasteiger partial charge on any atom is -0.513 e. The Morgan fingerprint density at radius 3 is 2.75 bits per heavy atom. The fourth-order valence-electron chi connectivity index (χ4n) is 2.41. The van der Waals surface area contributed by atoms with Crippen LogP contribution >= 0.6 is 0 Å². The van der Waals surface area contributed by atoms with Crippen molar-refractivity contribution in [2.45, 2.75) is 33.1 Å². The van der Waals surface area contributed by atoms with E-state index in [1.807, 2.05) is 6.92 Å². The summed E-state index contributed by atoms with van der Waals surface area (Å²) in [7, 11) is 0. The highest BCUT2D eigenvalue weighted by Gasteiger charge is 2.36. The van der Waals surface area contributed by atoms with Crippen LogP contribution in [0.25, 0.3) is 0 Å². The second kappa shape index (κ2) is 2.38. The van der Waals surface area contributed by atoms with E-state index in [2.05, 4.69) is 19.1 Å². The molecule has 1 saturated carbocycles. The van der Waals surface area contributed by atoms with Gasteiger partial charge in [-0.05, 0) is 37.2 Å². The van der Waals surface area contributed by atoms with Crippen LogP contribution in [0, 0.1) is 11.3 Å². The lowest BCUT2D eigenvalue weighted by Crippen LogP contribution is -2.29. The Hall–Kier alpha value is -0.720. The molecule has 2 bridgehead atoms. The number of allylic oxidation sites excluding steroid dienone is 4. The molecule has 0 heterocycles. The Morgan fingerprint density at radius 2 is 2.42 bits per heavy atom. The molecule has 1 heteroatoms. The SMILES string of the molecule is CC(O)=C1CC2(C)C=CC1CC2. The maximum Gasteiger partial charge on any atom is 0.0890 e. The van der Waals surface area contributed by atoms with E-state index >= 15 is 0 Å². The summed E-state index contributed by atoms with van der Waals surface area (Å²) in [5.41, 5.74) is 1.61. The van der Waals surface area contributed by atoms with Gasteiger partial charge in [-0.15, -0.1) is 0 Å². The molecule has 3 aliphatic rings. The van der Waals surface area contributed by atoms with Crippen LogP contribution in [-0.2, 0) is 0 Å². The van der Waals surface area contributed by atoms with Crippen molar-refractivity contribution in [3.63, 3.8) is 0 Å². The largest absolute Gasteiger partial charge is 0.513 e. The van der Waals surface area contributed by atoms with Gasteiger partial charge in [-0.25, -0.2) is 0 Å². The molecule has 0 amide bonds. The van der Waals surface area contributed by atoms with Crippen molar-refractivity contribution in [3.05, 3.63) is 23.5 Å². The Kier molecular flexibility index (Phi) is 1.57. The maximum atomic E-state index is 9.46. The molecular formula is C11H16O. The molecule has 0 aromatic heterocycles. The predicted octanol–water partition coefficient (Wildman–Crippen LogP) is 3.19. The standard InChI is InChI=1S/C11H16O/c1-8(12)10-7-11(2)5-3-9(10)4-6-11/h3,5,9,12H,4,6-7H2,1-2H3. The minimum atomic E-state index is 0.341. The van der Waals surface area contributed by atoms with Crippen LogP contribution < -0.4 is 0 Å². The minimum absolute atomic E-state index is 0.341. The molecule has 1 N–H and O–H groups in total. The third kappa shape index (κ3) is 1.08. The molecule has 2 unspecified atom stereocenters. The van der Waals surface area contributed by atoms with Crippen LogP contribution in [0.5, 0.6) is 0 Å². The summed E-state index contributed by atoms with van der Waals surface area (Å²) in [6.07, 6.45) is 8.16. The summed E-state index contributed by atoms with van der Waals surface area (Å²) in [6, 6.07) is 0. The Morgan fingerprint density at radius 1 is 1.67 bits per heavy atom. The molecule has 12 heavy (non-hydrogen) atoms. The van der Waals surface area contributed by atoms with Crippen molar-refractivity contribution < 1.29 is 5.11 Å². The van der Waals surface area contributed by atoms with E-state index in [9.17, 15) is 5.11 Å². The van der Waals surface area contributed by atoms with Crippen molar-refractivity contribution in [1.82, 2.24) is 0 Å². The molecule has 0 spiro atoms. The molecule has 0 aliphatic heterocycles. The van der Waals surface area contributed by atoms with Crippen molar-refractivity contribution in [2.75, 3.05) is 0 Å². The van der Waals surface area contributed by atoms with E-state index in [4.69, 9.17) is 0 Å². The van der Waals surface area contributed by atoms with Gasteiger partial charge in [0, 0.05) is 5.92 Å². The van der Waals surface area contributed by atoms with Crippen LogP contribution in [0.2, 0.25) is 0 Å². The first-order chi connectivity index (χ1) is 5.61. The van der Waals surface area contributed by atoms with Gasteiger partial charge in [-0.3, -0.25) is 0 Å². The van der Waals surface area contributed by atoms with E-state index < -0.39 is 0 Å². The topological polar surface area (TPSA) is 20.2 Å². The first-order valence-electron chi connectivity index (χ1n) is 4.69. The van der Waals surface area contributed by atoms with Crippen molar-refractivity contribution in [3.8, 4) is 0 Å². The smallest absolute Gasteiger partial charge is 0.0890 e. The number of hydrogen-bond donors (Lipinski definition) is 1. The molecule has 0 aromatic rings. The van der Waals surface area contributed by atoms with Gasteiger partial charge in [-0.1, -0.05) is 19.1 Å². The molecule has 0 radical (unpaired) electrons. The number of fused-ring (bicyclic) bond motifs is 2. The molecule has 1 fully saturated rings. The number of aliphatic hydroxyl groups is 1. The molecule has 0 aromatic carbocycles. The van der Waals surface area contributed by atoms with Crippen LogP contribution in [0.3, 0.4) is 0 Å². The lowest BCUT2D eigenvalue weighted by Gasteiger charge is -2.41. The van der Waals surface area contributed by atoms with Crippen molar-refractivity contribution >= 4 is 0 Å². The fraction of sp³-hybridized carbons (Fsp3) is 0.636. The Labute approximate surface area is 73.8 Å². The Bertz CT molecular complexity index is 258. The second-order valence-corrected chi connectivity index (χ2v) is 4.45. The summed E-state index contributed by atoms with van der Waals surface area (Å²) in [4.78, 5) is 0. The van der Waals surface area contributed by atoms with Gasteiger partial charge < -0.3 is 5.11 Å². The van der Waals surface area contributed by atoms with Gasteiger partial charge in [0.2, 0.25) is 0 Å². The van der Waals surface area contributed by atoms with Gasteiger partial charge in [0.15, 0.2) is 0 Å². The maximum absolute atomic E-state index is 9.46. The fourth-order valence-corrected chi connectivity index (χ4v) is 2.41. The quantitative estimate of drug-likeness (QED) is 0.430. The highest BCUT2D eigenvalue weighted by Crippen LogP contribution is 2.48. The number of rotatable bonds is 0. The van der Waals surface area contributed by atoms with Crippen molar-refractivity contribution in [1.29, 1.82) is 0 Å². The molecule has 3 rings (SSSR count). The zero-order chi connectivity index (χ0) is 8.77. The van der Waals surface area contributed by atoms with E-state index in [1.54, 1.807) is 0 Å². The van der Waals surface area contributed by atoms with Crippen LogP contribution in [0.1, 0.15) is 33.1 Å². The third-order valence-corrected chi connectivity index (χ3v) is 3.26. The first kappa shape index (κ1) is 7.90. The van der Waals surface area contributed by atoms with Gasteiger partial charge in [0.1, 0.15) is 0 Å². The normalized spacial score (nSPS) is 43.3. The lowest BCUT2D eigenvalue weighted by molar-refractivity contribution is 0.265. The number of aliphatic hydroxyl groups excluding tert-OH is 1. The van der Waals surface area contributed by atoms with E-state index in [1.165, 1.54) is 18.4 Å². The molecule has 66 valence electrons. The van der Waals surface area contributed by atoms with Crippen LogP contribution in [-0.4, -0.2) is 5.11 Å². The number of hydrogen-bond acceptors (Lipinski definition) is 1. The zero-order valence-corrected chi connectivity index (χ0v) is 7.80. The van der Waals surface area contributed by atoms with Crippen LogP contribution in [0.15, 0.2) is 23.5 Å². The summed E-state index contributed by atoms with van der Waals surface area (Å²) in [6.45, 7) is 4.09. The highest BCUT2D eigenvalue weighted by atomic mass is 16.3. The third-order valence-electron chi connectivity index (χ3n) is 3.26. The van der Waals surface area contributed by atoms with E-state index in [-0.39, 0.29) is 0 Å². The average molecular weight is 164 g/mol. The molecule has 0 saturated heterocycles.